The van der Waals surface area contributed by atoms with Gasteiger partial charge in [-0.15, -0.1) is 11.3 Å². The van der Waals surface area contributed by atoms with Crippen molar-refractivity contribution in [1.82, 2.24) is 0 Å². The Kier molecular flexibility index (Phi) is 3.42. The van der Waals surface area contributed by atoms with Gasteiger partial charge in [0.05, 0.1) is 6.54 Å². The first kappa shape index (κ1) is 11.0. The molecule has 0 aliphatic heterocycles. The molecule has 0 unspecified atom stereocenters. The Bertz CT molecular complexity index is 459. The van der Waals surface area contributed by atoms with Gasteiger partial charge in [0.2, 0.25) is 0 Å². The number of para-hydroxylation sites is 1. The van der Waals surface area contributed by atoms with Crippen LogP contribution in [0.2, 0.25) is 0 Å². The van der Waals surface area contributed by atoms with E-state index in [1.807, 2.05) is 12.1 Å². The summed E-state index contributed by atoms with van der Waals surface area (Å²) in [6.45, 7) is 4.77. The molecular formula is C14H15NS. The second kappa shape index (κ2) is 4.99. The molecule has 0 N–H and O–H groups in total. The van der Waals surface area contributed by atoms with Crippen LogP contribution in [0, 0.1) is 0 Å². The van der Waals surface area contributed by atoms with Crippen molar-refractivity contribution in [3.05, 3.63) is 58.8 Å². The maximum absolute atomic E-state index is 3.83. The largest absolute Gasteiger partial charge is 0.369 e. The molecule has 1 nitrogen and oxygen atoms in total. The van der Waals surface area contributed by atoms with Gasteiger partial charge in [-0.3, -0.25) is 0 Å². The third-order valence-corrected chi connectivity index (χ3v) is 3.50. The van der Waals surface area contributed by atoms with Crippen LogP contribution in [0.4, 0.5) is 5.69 Å². The van der Waals surface area contributed by atoms with Gasteiger partial charge in [0.1, 0.15) is 0 Å². The average molecular weight is 229 g/mol. The maximum atomic E-state index is 3.83. The van der Waals surface area contributed by atoms with E-state index in [0.717, 1.165) is 6.54 Å². The van der Waals surface area contributed by atoms with E-state index >= 15 is 0 Å². The smallest absolute Gasteiger partial charge is 0.0525 e. The highest BCUT2D eigenvalue weighted by molar-refractivity contribution is 7.10. The molecule has 0 bridgehead atoms. The number of benzene rings is 1. The predicted octanol–water partition coefficient (Wildman–Crippen LogP) is 4.03. The highest BCUT2D eigenvalue weighted by Gasteiger charge is 2.05. The van der Waals surface area contributed by atoms with Crippen molar-refractivity contribution in [2.24, 2.45) is 0 Å². The quantitative estimate of drug-likeness (QED) is 0.765. The van der Waals surface area contributed by atoms with Crippen LogP contribution in [0.25, 0.3) is 6.08 Å². The monoisotopic (exact) mass is 229 g/mol. The summed E-state index contributed by atoms with van der Waals surface area (Å²) in [6.07, 6.45) is 1.92. The van der Waals surface area contributed by atoms with E-state index < -0.39 is 0 Å². The van der Waals surface area contributed by atoms with Crippen LogP contribution in [0.3, 0.4) is 0 Å². The highest BCUT2D eigenvalue weighted by Crippen LogP contribution is 2.22. The van der Waals surface area contributed by atoms with E-state index in [4.69, 9.17) is 0 Å². The third kappa shape index (κ3) is 2.34. The molecule has 2 rings (SSSR count). The van der Waals surface area contributed by atoms with Crippen LogP contribution in [0.1, 0.15) is 10.4 Å². The van der Waals surface area contributed by atoms with Crippen molar-refractivity contribution in [3.8, 4) is 0 Å². The van der Waals surface area contributed by atoms with Crippen molar-refractivity contribution >= 4 is 23.1 Å². The summed E-state index contributed by atoms with van der Waals surface area (Å²) >= 11 is 1.78. The number of hydrogen-bond acceptors (Lipinski definition) is 2. The number of rotatable bonds is 4. The lowest BCUT2D eigenvalue weighted by Crippen LogP contribution is -2.15. The van der Waals surface area contributed by atoms with Gasteiger partial charge in [0.15, 0.2) is 0 Å². The SMILES string of the molecule is C=Cc1ccsc1CN(C)c1ccccc1. The number of anilines is 1. The third-order valence-electron chi connectivity index (χ3n) is 2.58. The molecule has 82 valence electrons. The minimum absolute atomic E-state index is 0.934. The van der Waals surface area contributed by atoms with Gasteiger partial charge in [-0.2, -0.15) is 0 Å². The van der Waals surface area contributed by atoms with Crippen molar-refractivity contribution in [1.29, 1.82) is 0 Å². The first-order valence-corrected chi connectivity index (χ1v) is 6.14. The molecular weight excluding hydrogens is 214 g/mol. The summed E-state index contributed by atoms with van der Waals surface area (Å²) in [7, 11) is 2.11. The zero-order valence-electron chi connectivity index (χ0n) is 9.39. The van der Waals surface area contributed by atoms with E-state index in [-0.39, 0.29) is 0 Å². The van der Waals surface area contributed by atoms with Crippen molar-refractivity contribution in [3.63, 3.8) is 0 Å². The minimum Gasteiger partial charge on any atom is -0.369 e. The first-order chi connectivity index (χ1) is 7.81. The molecule has 1 heterocycles. The Morgan fingerprint density at radius 3 is 2.69 bits per heavy atom. The summed E-state index contributed by atoms with van der Waals surface area (Å²) in [5, 5.41) is 2.12. The topological polar surface area (TPSA) is 3.24 Å². The number of hydrogen-bond donors (Lipinski definition) is 0. The van der Waals surface area contributed by atoms with Gasteiger partial charge in [-0.25, -0.2) is 0 Å². The molecule has 1 aromatic carbocycles. The normalized spacial score (nSPS) is 10.1. The van der Waals surface area contributed by atoms with Gasteiger partial charge in [-0.05, 0) is 29.1 Å². The van der Waals surface area contributed by atoms with Gasteiger partial charge in [-0.1, -0.05) is 30.9 Å². The van der Waals surface area contributed by atoms with Crippen LogP contribution in [-0.2, 0) is 6.54 Å². The lowest BCUT2D eigenvalue weighted by atomic mass is 10.2. The highest BCUT2D eigenvalue weighted by atomic mass is 32.1. The molecule has 0 aliphatic rings. The molecule has 0 saturated heterocycles. The predicted molar refractivity (Wildman–Crippen MR) is 73.0 cm³/mol. The molecule has 2 heteroatoms. The van der Waals surface area contributed by atoms with Crippen LogP contribution in [0.5, 0.6) is 0 Å². The summed E-state index contributed by atoms with van der Waals surface area (Å²) in [5.41, 5.74) is 2.48. The molecule has 0 radical (unpaired) electrons. The van der Waals surface area contributed by atoms with Crippen LogP contribution in [-0.4, -0.2) is 7.05 Å². The fraction of sp³-hybridized carbons (Fsp3) is 0.143. The maximum Gasteiger partial charge on any atom is 0.0525 e. The van der Waals surface area contributed by atoms with Gasteiger partial charge >= 0.3 is 0 Å². The van der Waals surface area contributed by atoms with Gasteiger partial charge in [0, 0.05) is 17.6 Å². The first-order valence-electron chi connectivity index (χ1n) is 5.26. The zero-order chi connectivity index (χ0) is 11.4. The fourth-order valence-electron chi connectivity index (χ4n) is 1.65. The molecule has 2 aromatic rings. The van der Waals surface area contributed by atoms with Crippen LogP contribution >= 0.6 is 11.3 Å². The summed E-state index contributed by atoms with van der Waals surface area (Å²) in [5.74, 6) is 0. The molecule has 0 atom stereocenters. The van der Waals surface area contributed by atoms with Gasteiger partial charge < -0.3 is 4.90 Å². The fourth-order valence-corrected chi connectivity index (χ4v) is 2.58. The average Bonchev–Trinajstić information content (AvgIpc) is 2.77. The van der Waals surface area contributed by atoms with Gasteiger partial charge in [0.25, 0.3) is 0 Å². The molecule has 0 saturated carbocycles. The second-order valence-corrected chi connectivity index (χ2v) is 4.70. The Morgan fingerprint density at radius 1 is 1.25 bits per heavy atom. The van der Waals surface area contributed by atoms with Crippen LogP contribution < -0.4 is 4.90 Å². The summed E-state index contributed by atoms with van der Waals surface area (Å²) in [4.78, 5) is 3.61. The lowest BCUT2D eigenvalue weighted by Gasteiger charge is -2.18. The molecule has 16 heavy (non-hydrogen) atoms. The Labute approximate surface area is 101 Å². The molecule has 0 fully saturated rings. The van der Waals surface area contributed by atoms with Crippen molar-refractivity contribution in [2.75, 3.05) is 11.9 Å². The Hall–Kier alpha value is -1.54. The molecule has 0 aliphatic carbocycles. The van der Waals surface area contributed by atoms with E-state index in [2.05, 4.69) is 54.2 Å². The van der Waals surface area contributed by atoms with E-state index in [1.165, 1.54) is 16.1 Å². The van der Waals surface area contributed by atoms with Crippen LogP contribution in [0.15, 0.2) is 48.4 Å². The number of nitrogens with zero attached hydrogens (tertiary/aromatic N) is 1. The molecule has 0 amide bonds. The molecule has 0 spiro atoms. The minimum atomic E-state index is 0.934. The Morgan fingerprint density at radius 2 is 2.00 bits per heavy atom. The summed E-state index contributed by atoms with van der Waals surface area (Å²) in [6, 6.07) is 12.5. The van der Waals surface area contributed by atoms with E-state index in [0.29, 0.717) is 0 Å². The zero-order valence-corrected chi connectivity index (χ0v) is 10.2. The standard InChI is InChI=1S/C14H15NS/c1-3-12-9-10-16-14(12)11-15(2)13-7-5-4-6-8-13/h3-10H,1,11H2,2H3. The lowest BCUT2D eigenvalue weighted by molar-refractivity contribution is 0.939. The van der Waals surface area contributed by atoms with Crippen molar-refractivity contribution < 1.29 is 0 Å². The summed E-state index contributed by atoms with van der Waals surface area (Å²) < 4.78 is 0. The van der Waals surface area contributed by atoms with Crippen molar-refractivity contribution in [2.45, 2.75) is 6.54 Å². The molecule has 1 aromatic heterocycles. The second-order valence-electron chi connectivity index (χ2n) is 3.69. The van der Waals surface area contributed by atoms with E-state index in [9.17, 15) is 0 Å². The Balaban J connectivity index is 2.14. The van der Waals surface area contributed by atoms with E-state index in [1.54, 1.807) is 11.3 Å². The number of thiophene rings is 1.